The molecule has 1 amide bonds. The number of ether oxygens (including phenoxy) is 2. The van der Waals surface area contributed by atoms with Gasteiger partial charge in [-0.2, -0.15) is 13.2 Å². The number of morpholine rings is 1. The zero-order valence-corrected chi connectivity index (χ0v) is 18.0. The zero-order chi connectivity index (χ0) is 23.4. The lowest BCUT2D eigenvalue weighted by Crippen LogP contribution is -2.48. The minimum Gasteiger partial charge on any atom is -0.489 e. The van der Waals surface area contributed by atoms with Gasteiger partial charge in [0.1, 0.15) is 28.9 Å². The third kappa shape index (κ3) is 5.67. The van der Waals surface area contributed by atoms with Gasteiger partial charge in [0.25, 0.3) is 5.91 Å². The Bertz CT molecular complexity index is 1130. The molecule has 1 aliphatic heterocycles. The second-order valence-electron chi connectivity index (χ2n) is 7.16. The molecule has 1 aromatic heterocycles. The van der Waals surface area contributed by atoms with Crippen molar-refractivity contribution in [2.24, 2.45) is 0 Å². The molecule has 11 heteroatoms. The molecule has 4 rings (SSSR count). The molecule has 1 fully saturated rings. The van der Waals surface area contributed by atoms with E-state index in [1.807, 2.05) is 0 Å². The van der Waals surface area contributed by atoms with Crippen molar-refractivity contribution >= 4 is 17.2 Å². The van der Waals surface area contributed by atoms with Crippen LogP contribution in [0.3, 0.4) is 0 Å². The number of benzene rings is 2. The average Bonchev–Trinajstić information content (AvgIpc) is 3.28. The first-order chi connectivity index (χ1) is 15.8. The number of thiazole rings is 1. The van der Waals surface area contributed by atoms with Gasteiger partial charge in [0, 0.05) is 35.7 Å². The number of hydrogen-bond acceptors (Lipinski definition) is 6. The molecule has 2 heterocycles. The van der Waals surface area contributed by atoms with Gasteiger partial charge in [-0.1, -0.05) is 18.2 Å². The first kappa shape index (κ1) is 23.1. The van der Waals surface area contributed by atoms with Crippen LogP contribution in [-0.2, 0) is 17.5 Å². The molecule has 1 aliphatic rings. The maximum Gasteiger partial charge on any atom is 0.416 e. The number of hydrogen-bond donors (Lipinski definition) is 1. The summed E-state index contributed by atoms with van der Waals surface area (Å²) in [6.07, 6.45) is -4.51. The summed E-state index contributed by atoms with van der Waals surface area (Å²) in [7, 11) is 0. The van der Waals surface area contributed by atoms with E-state index in [9.17, 15) is 22.4 Å². The smallest absolute Gasteiger partial charge is 0.416 e. The minimum absolute atomic E-state index is 0.0506. The van der Waals surface area contributed by atoms with Crippen molar-refractivity contribution in [2.75, 3.05) is 26.3 Å². The van der Waals surface area contributed by atoms with Gasteiger partial charge in [0.2, 0.25) is 0 Å². The summed E-state index contributed by atoms with van der Waals surface area (Å²) in [6, 6.07) is 9.01. The Labute approximate surface area is 190 Å². The monoisotopic (exact) mass is 481 g/mol. The van der Waals surface area contributed by atoms with Crippen molar-refractivity contribution in [1.82, 2.24) is 15.4 Å². The van der Waals surface area contributed by atoms with Crippen LogP contribution >= 0.6 is 11.3 Å². The number of carbonyl (C=O) groups excluding carboxylic acids is 1. The Hall–Kier alpha value is -3.02. The molecule has 2 aromatic carbocycles. The molecule has 1 saturated heterocycles. The highest BCUT2D eigenvalue weighted by Crippen LogP contribution is 2.33. The molecule has 0 saturated carbocycles. The summed E-state index contributed by atoms with van der Waals surface area (Å²) in [4.78, 5) is 16.6. The molecule has 0 radical (unpaired) electrons. The second-order valence-corrected chi connectivity index (χ2v) is 8.02. The van der Waals surface area contributed by atoms with E-state index in [-0.39, 0.29) is 29.2 Å². The van der Waals surface area contributed by atoms with Gasteiger partial charge in [-0.25, -0.2) is 14.4 Å². The van der Waals surface area contributed by atoms with E-state index in [1.54, 1.807) is 5.01 Å². The summed E-state index contributed by atoms with van der Waals surface area (Å²) >= 11 is 1.11. The first-order valence-electron chi connectivity index (χ1n) is 9.98. The van der Waals surface area contributed by atoms with Crippen molar-refractivity contribution < 1.29 is 31.8 Å². The lowest BCUT2D eigenvalue weighted by atomic mass is 10.1. The molecule has 33 heavy (non-hydrogen) atoms. The number of halogens is 4. The Balaban J connectivity index is 1.43. The second kappa shape index (κ2) is 9.86. The minimum atomic E-state index is -4.51. The van der Waals surface area contributed by atoms with Crippen LogP contribution in [0.1, 0.15) is 21.6 Å². The Kier molecular flexibility index (Phi) is 6.91. The molecule has 0 atom stereocenters. The lowest BCUT2D eigenvalue weighted by Gasteiger charge is -2.26. The number of amides is 1. The van der Waals surface area contributed by atoms with Gasteiger partial charge in [-0.05, 0) is 18.2 Å². The van der Waals surface area contributed by atoms with Crippen LogP contribution in [0.4, 0.5) is 17.6 Å². The summed E-state index contributed by atoms with van der Waals surface area (Å²) < 4.78 is 64.6. The fraction of sp³-hybridized carbons (Fsp3) is 0.273. The summed E-state index contributed by atoms with van der Waals surface area (Å²) in [5.41, 5.74) is 2.20. The van der Waals surface area contributed by atoms with Crippen LogP contribution in [-0.4, -0.2) is 42.2 Å². The molecule has 0 aliphatic carbocycles. The number of carbonyl (C=O) groups is 1. The standard InChI is InChI=1S/C22H19F4N3O3S/c23-18-11-15(32-12-14-3-1-2-4-17(14)22(24,25)26)5-6-16(18)21-27-19(13-33-21)20(30)28-29-7-9-31-10-8-29/h1-6,11,13H,7-10,12H2,(H,28,30). The van der Waals surface area contributed by atoms with Crippen LogP contribution in [0, 0.1) is 5.82 Å². The van der Waals surface area contributed by atoms with Gasteiger partial charge in [0.05, 0.1) is 18.8 Å². The number of hydrazine groups is 1. The van der Waals surface area contributed by atoms with E-state index in [0.717, 1.165) is 23.5 Å². The molecule has 0 spiro atoms. The van der Waals surface area contributed by atoms with Crippen molar-refractivity contribution in [1.29, 1.82) is 0 Å². The highest BCUT2D eigenvalue weighted by molar-refractivity contribution is 7.13. The number of nitrogens with one attached hydrogen (secondary N) is 1. The third-order valence-electron chi connectivity index (χ3n) is 4.90. The quantitative estimate of drug-likeness (QED) is 0.525. The van der Waals surface area contributed by atoms with Gasteiger partial charge in [-0.15, -0.1) is 11.3 Å². The highest BCUT2D eigenvalue weighted by Gasteiger charge is 2.33. The number of nitrogens with zero attached hydrogens (tertiary/aromatic N) is 2. The van der Waals surface area contributed by atoms with Crippen LogP contribution in [0.2, 0.25) is 0 Å². The number of aromatic nitrogens is 1. The van der Waals surface area contributed by atoms with Crippen LogP contribution < -0.4 is 10.2 Å². The van der Waals surface area contributed by atoms with E-state index in [4.69, 9.17) is 9.47 Å². The molecular formula is C22H19F4N3O3S. The molecule has 0 bridgehead atoms. The highest BCUT2D eigenvalue weighted by atomic mass is 32.1. The number of rotatable bonds is 6. The first-order valence-corrected chi connectivity index (χ1v) is 10.9. The molecule has 1 N–H and O–H groups in total. The van der Waals surface area contributed by atoms with E-state index in [0.29, 0.717) is 31.3 Å². The Morgan fingerprint density at radius 3 is 2.67 bits per heavy atom. The van der Waals surface area contributed by atoms with Crippen molar-refractivity contribution in [3.8, 4) is 16.3 Å². The number of alkyl halides is 3. The predicted octanol–water partition coefficient (Wildman–Crippen LogP) is 4.52. The summed E-state index contributed by atoms with van der Waals surface area (Å²) in [5.74, 6) is -0.982. The normalized spacial score (nSPS) is 14.8. The summed E-state index contributed by atoms with van der Waals surface area (Å²) in [6.45, 7) is 1.80. The summed E-state index contributed by atoms with van der Waals surface area (Å²) in [5, 5.41) is 3.56. The molecule has 174 valence electrons. The third-order valence-corrected chi connectivity index (χ3v) is 5.77. The average molecular weight is 481 g/mol. The van der Waals surface area contributed by atoms with Gasteiger partial charge in [0.15, 0.2) is 0 Å². The molecule has 0 unspecified atom stereocenters. The largest absolute Gasteiger partial charge is 0.489 e. The van der Waals surface area contributed by atoms with Crippen LogP contribution in [0.15, 0.2) is 47.8 Å². The Morgan fingerprint density at radius 1 is 1.18 bits per heavy atom. The van der Waals surface area contributed by atoms with E-state index in [2.05, 4.69) is 10.4 Å². The van der Waals surface area contributed by atoms with E-state index < -0.39 is 23.5 Å². The maximum absolute atomic E-state index is 14.7. The molecule has 3 aromatic rings. The Morgan fingerprint density at radius 2 is 1.94 bits per heavy atom. The SMILES string of the molecule is O=C(NN1CCOCC1)c1csc(-c2ccc(OCc3ccccc3C(F)(F)F)cc2F)n1. The fourth-order valence-corrected chi connectivity index (χ4v) is 4.05. The molecular weight excluding hydrogens is 462 g/mol. The topological polar surface area (TPSA) is 63.7 Å². The van der Waals surface area contributed by atoms with Gasteiger partial charge in [-0.3, -0.25) is 10.2 Å². The van der Waals surface area contributed by atoms with E-state index in [1.165, 1.54) is 35.7 Å². The zero-order valence-electron chi connectivity index (χ0n) is 17.2. The van der Waals surface area contributed by atoms with Crippen molar-refractivity contribution in [3.63, 3.8) is 0 Å². The lowest BCUT2D eigenvalue weighted by molar-refractivity contribution is -0.138. The predicted molar refractivity (Wildman–Crippen MR) is 113 cm³/mol. The fourth-order valence-electron chi connectivity index (χ4n) is 3.22. The van der Waals surface area contributed by atoms with Crippen LogP contribution in [0.25, 0.3) is 10.6 Å². The van der Waals surface area contributed by atoms with Gasteiger partial charge < -0.3 is 9.47 Å². The molecule has 6 nitrogen and oxygen atoms in total. The van der Waals surface area contributed by atoms with Crippen LogP contribution in [0.5, 0.6) is 5.75 Å². The maximum atomic E-state index is 14.7. The van der Waals surface area contributed by atoms with Crippen molar-refractivity contribution in [2.45, 2.75) is 12.8 Å². The van der Waals surface area contributed by atoms with E-state index >= 15 is 0 Å². The van der Waals surface area contributed by atoms with Crippen molar-refractivity contribution in [3.05, 3.63) is 70.5 Å². The van der Waals surface area contributed by atoms with Gasteiger partial charge >= 0.3 is 6.18 Å².